The number of hydrogen-bond donors (Lipinski definition) is 0. The molecule has 1 aromatic carbocycles. The van der Waals surface area contributed by atoms with E-state index in [1.165, 1.54) is 28.1 Å². The van der Waals surface area contributed by atoms with Crippen molar-refractivity contribution in [2.75, 3.05) is 14.2 Å². The van der Waals surface area contributed by atoms with Crippen LogP contribution < -0.4 is 9.47 Å². The van der Waals surface area contributed by atoms with Gasteiger partial charge in [0.05, 0.1) is 14.2 Å². The maximum Gasteiger partial charge on any atom is 0.305 e. The van der Waals surface area contributed by atoms with Crippen LogP contribution in [0.1, 0.15) is 25.7 Å². The zero-order valence-electron chi connectivity index (χ0n) is 11.3. The highest BCUT2D eigenvalue weighted by Crippen LogP contribution is 2.31. The second kappa shape index (κ2) is 6.63. The average Bonchev–Trinajstić information content (AvgIpc) is 2.36. The summed E-state index contributed by atoms with van der Waals surface area (Å²) in [5, 5.41) is 0. The Bertz CT molecular complexity index is 452. The van der Waals surface area contributed by atoms with Crippen LogP contribution in [-0.2, 0) is 19.1 Å². The van der Waals surface area contributed by atoms with Crippen LogP contribution in [0.15, 0.2) is 18.2 Å². The van der Waals surface area contributed by atoms with Crippen LogP contribution in [0.5, 0.6) is 11.5 Å². The van der Waals surface area contributed by atoms with Crippen molar-refractivity contribution < 1.29 is 28.5 Å². The summed E-state index contributed by atoms with van der Waals surface area (Å²) in [5.41, 5.74) is 0.475. The molecule has 0 aliphatic rings. The van der Waals surface area contributed by atoms with Crippen molar-refractivity contribution in [2.24, 2.45) is 0 Å². The molecule has 0 N–H and O–H groups in total. The Hall–Kier alpha value is -2.24. The molecule has 6 nitrogen and oxygen atoms in total. The molecule has 0 unspecified atom stereocenters. The van der Waals surface area contributed by atoms with Crippen LogP contribution in [0.3, 0.4) is 0 Å². The van der Waals surface area contributed by atoms with Gasteiger partial charge in [0.25, 0.3) is 6.29 Å². The van der Waals surface area contributed by atoms with E-state index in [9.17, 15) is 9.59 Å². The van der Waals surface area contributed by atoms with Crippen LogP contribution in [0, 0.1) is 0 Å². The highest BCUT2D eigenvalue weighted by Gasteiger charge is 2.19. The minimum Gasteiger partial charge on any atom is -0.493 e. The van der Waals surface area contributed by atoms with Crippen molar-refractivity contribution in [3.8, 4) is 11.5 Å². The van der Waals surface area contributed by atoms with E-state index in [0.29, 0.717) is 17.1 Å². The molecule has 0 saturated carbocycles. The maximum absolute atomic E-state index is 11.0. The van der Waals surface area contributed by atoms with E-state index in [4.69, 9.17) is 18.9 Å². The molecule has 0 aliphatic heterocycles. The standard InChI is InChI=1S/C13H16O6/c1-8(14)18-13(19-9(2)15)10-5-6-11(16-3)12(7-10)17-4/h5-7,13H,1-4H3. The first-order valence-electron chi connectivity index (χ1n) is 5.54. The average molecular weight is 268 g/mol. The van der Waals surface area contributed by atoms with Crippen LogP contribution in [0.4, 0.5) is 0 Å². The second-order valence-electron chi connectivity index (χ2n) is 3.67. The molecule has 0 bridgehead atoms. The molecule has 0 aromatic heterocycles. The molecule has 0 atom stereocenters. The Morgan fingerprint density at radius 3 is 1.89 bits per heavy atom. The summed E-state index contributed by atoms with van der Waals surface area (Å²) in [6, 6.07) is 4.83. The molecule has 6 heteroatoms. The van der Waals surface area contributed by atoms with Gasteiger partial charge in [-0.25, -0.2) is 0 Å². The molecule has 0 amide bonds. The van der Waals surface area contributed by atoms with Gasteiger partial charge in [-0.1, -0.05) is 0 Å². The minimum absolute atomic E-state index is 0.448. The normalized spacial score (nSPS) is 9.95. The van der Waals surface area contributed by atoms with Crippen LogP contribution in [0.2, 0.25) is 0 Å². The Kier molecular flexibility index (Phi) is 5.17. The van der Waals surface area contributed by atoms with Gasteiger partial charge in [-0.05, 0) is 18.2 Å². The summed E-state index contributed by atoms with van der Waals surface area (Å²) in [5.74, 6) is -0.137. The lowest BCUT2D eigenvalue weighted by molar-refractivity contribution is -0.186. The molecule has 0 heterocycles. The van der Waals surface area contributed by atoms with E-state index >= 15 is 0 Å². The second-order valence-corrected chi connectivity index (χ2v) is 3.67. The lowest BCUT2D eigenvalue weighted by atomic mass is 10.2. The van der Waals surface area contributed by atoms with Gasteiger partial charge in [0.1, 0.15) is 0 Å². The Labute approximate surface area is 111 Å². The zero-order valence-corrected chi connectivity index (χ0v) is 11.3. The largest absolute Gasteiger partial charge is 0.493 e. The fourth-order valence-electron chi connectivity index (χ4n) is 1.46. The number of ether oxygens (including phenoxy) is 4. The van der Waals surface area contributed by atoms with Gasteiger partial charge in [-0.2, -0.15) is 0 Å². The van der Waals surface area contributed by atoms with Gasteiger partial charge in [0, 0.05) is 19.4 Å². The fraction of sp³-hybridized carbons (Fsp3) is 0.385. The third kappa shape index (κ3) is 4.17. The van der Waals surface area contributed by atoms with Crippen molar-refractivity contribution >= 4 is 11.9 Å². The van der Waals surface area contributed by atoms with Gasteiger partial charge >= 0.3 is 11.9 Å². The SMILES string of the molecule is COc1ccc(C(OC(C)=O)OC(C)=O)cc1OC. The first-order valence-corrected chi connectivity index (χ1v) is 5.54. The smallest absolute Gasteiger partial charge is 0.305 e. The Morgan fingerprint density at radius 1 is 0.947 bits per heavy atom. The predicted octanol–water partition coefficient (Wildman–Crippen LogP) is 1.83. The zero-order chi connectivity index (χ0) is 14.4. The van der Waals surface area contributed by atoms with Crippen LogP contribution >= 0.6 is 0 Å². The number of benzene rings is 1. The van der Waals surface area contributed by atoms with E-state index in [0.717, 1.165) is 0 Å². The van der Waals surface area contributed by atoms with Crippen molar-refractivity contribution in [2.45, 2.75) is 20.1 Å². The molecule has 104 valence electrons. The monoisotopic (exact) mass is 268 g/mol. The molecule has 0 fully saturated rings. The molecule has 1 aromatic rings. The Balaban J connectivity index is 3.07. The lowest BCUT2D eigenvalue weighted by Crippen LogP contribution is -2.15. The molecular formula is C13H16O6. The van der Waals surface area contributed by atoms with Gasteiger partial charge in [-0.3, -0.25) is 9.59 Å². The highest BCUT2D eigenvalue weighted by atomic mass is 16.7. The van der Waals surface area contributed by atoms with E-state index in [2.05, 4.69) is 0 Å². The van der Waals surface area contributed by atoms with Crippen LogP contribution in [-0.4, -0.2) is 26.2 Å². The summed E-state index contributed by atoms with van der Waals surface area (Å²) in [4.78, 5) is 22.0. The van der Waals surface area contributed by atoms with Gasteiger partial charge in [0.2, 0.25) is 0 Å². The molecule has 0 aliphatic carbocycles. The maximum atomic E-state index is 11.0. The predicted molar refractivity (Wildman–Crippen MR) is 65.8 cm³/mol. The molecule has 0 radical (unpaired) electrons. The summed E-state index contributed by atoms with van der Waals surface area (Å²) >= 11 is 0. The van der Waals surface area contributed by atoms with Crippen LogP contribution in [0.25, 0.3) is 0 Å². The lowest BCUT2D eigenvalue weighted by Gasteiger charge is -2.18. The minimum atomic E-state index is -1.10. The van der Waals surface area contributed by atoms with Crippen molar-refractivity contribution in [3.05, 3.63) is 23.8 Å². The molecule has 19 heavy (non-hydrogen) atoms. The summed E-state index contributed by atoms with van der Waals surface area (Å²) < 4.78 is 20.1. The third-order valence-electron chi connectivity index (χ3n) is 2.23. The van der Waals surface area contributed by atoms with Crippen molar-refractivity contribution in [3.63, 3.8) is 0 Å². The number of carbonyl (C=O) groups excluding carboxylic acids is 2. The van der Waals surface area contributed by atoms with E-state index < -0.39 is 18.2 Å². The summed E-state index contributed by atoms with van der Waals surface area (Å²) in [7, 11) is 2.99. The number of hydrogen-bond acceptors (Lipinski definition) is 6. The molecule has 0 saturated heterocycles. The van der Waals surface area contributed by atoms with Gasteiger partial charge in [-0.15, -0.1) is 0 Å². The molecule has 0 spiro atoms. The summed E-state index contributed by atoms with van der Waals surface area (Å²) in [6.07, 6.45) is -1.10. The third-order valence-corrected chi connectivity index (χ3v) is 2.23. The molecular weight excluding hydrogens is 252 g/mol. The number of methoxy groups -OCH3 is 2. The van der Waals surface area contributed by atoms with E-state index in [1.54, 1.807) is 18.2 Å². The van der Waals surface area contributed by atoms with E-state index in [1.807, 2.05) is 0 Å². The van der Waals surface area contributed by atoms with Crippen molar-refractivity contribution in [1.29, 1.82) is 0 Å². The first-order chi connectivity index (χ1) is 8.97. The first kappa shape index (κ1) is 14.8. The quantitative estimate of drug-likeness (QED) is 0.599. The fourth-order valence-corrected chi connectivity index (χ4v) is 1.46. The van der Waals surface area contributed by atoms with E-state index in [-0.39, 0.29) is 0 Å². The number of rotatable bonds is 5. The van der Waals surface area contributed by atoms with Gasteiger partial charge < -0.3 is 18.9 Å². The Morgan fingerprint density at radius 2 is 1.47 bits per heavy atom. The highest BCUT2D eigenvalue weighted by molar-refractivity contribution is 5.68. The molecule has 1 rings (SSSR count). The number of carbonyl (C=O) groups is 2. The number of esters is 2. The summed E-state index contributed by atoms with van der Waals surface area (Å²) in [6.45, 7) is 2.47. The van der Waals surface area contributed by atoms with Gasteiger partial charge in [0.15, 0.2) is 11.5 Å². The topological polar surface area (TPSA) is 71.1 Å². The van der Waals surface area contributed by atoms with Crippen molar-refractivity contribution in [1.82, 2.24) is 0 Å².